The van der Waals surface area contributed by atoms with Crippen molar-refractivity contribution in [1.29, 1.82) is 0 Å². The van der Waals surface area contributed by atoms with E-state index in [-0.39, 0.29) is 42.4 Å². The number of methoxy groups -OCH3 is 2. The van der Waals surface area contributed by atoms with Crippen LogP contribution in [0.15, 0.2) is 0 Å². The molecule has 1 aliphatic carbocycles. The Labute approximate surface area is 107 Å². The molecule has 0 aromatic rings. The van der Waals surface area contributed by atoms with Gasteiger partial charge >= 0.3 is 11.9 Å². The van der Waals surface area contributed by atoms with E-state index in [9.17, 15) is 14.4 Å². The molecule has 0 radical (unpaired) electrons. The maximum absolute atomic E-state index is 12.0. The van der Waals surface area contributed by atoms with Gasteiger partial charge in [-0.25, -0.2) is 0 Å². The molecule has 0 spiro atoms. The van der Waals surface area contributed by atoms with Crippen LogP contribution in [0.3, 0.4) is 0 Å². The topological polar surface area (TPSA) is 69.7 Å². The number of hydrogen-bond acceptors (Lipinski definition) is 5. The van der Waals surface area contributed by atoms with Crippen LogP contribution in [0.5, 0.6) is 0 Å². The molecule has 18 heavy (non-hydrogen) atoms. The predicted molar refractivity (Wildman–Crippen MR) is 63.7 cm³/mol. The molecule has 0 aromatic heterocycles. The second-order valence-corrected chi connectivity index (χ2v) is 4.60. The molecule has 0 aromatic carbocycles. The van der Waals surface area contributed by atoms with Crippen molar-refractivity contribution in [2.24, 2.45) is 11.8 Å². The molecule has 5 heteroatoms. The predicted octanol–water partition coefficient (Wildman–Crippen LogP) is 1.49. The highest BCUT2D eigenvalue weighted by molar-refractivity contribution is 5.86. The van der Waals surface area contributed by atoms with Crippen LogP contribution in [0, 0.1) is 11.8 Å². The minimum atomic E-state index is -0.277. The van der Waals surface area contributed by atoms with Crippen molar-refractivity contribution in [3.05, 3.63) is 0 Å². The molecule has 1 saturated carbocycles. The number of carbonyl (C=O) groups excluding carboxylic acids is 3. The zero-order valence-corrected chi connectivity index (χ0v) is 10.9. The van der Waals surface area contributed by atoms with Crippen LogP contribution < -0.4 is 0 Å². The lowest BCUT2D eigenvalue weighted by atomic mass is 9.95. The highest BCUT2D eigenvalue weighted by Crippen LogP contribution is 2.33. The largest absolute Gasteiger partial charge is 0.469 e. The fraction of sp³-hybridized carbons (Fsp3) is 0.769. The van der Waals surface area contributed by atoms with E-state index in [1.54, 1.807) is 0 Å². The molecule has 1 rings (SSSR count). The van der Waals surface area contributed by atoms with E-state index in [4.69, 9.17) is 0 Å². The average molecular weight is 256 g/mol. The Hall–Kier alpha value is -1.39. The fourth-order valence-corrected chi connectivity index (χ4v) is 2.38. The number of hydrogen-bond donors (Lipinski definition) is 0. The molecule has 0 heterocycles. The van der Waals surface area contributed by atoms with Crippen LogP contribution in [-0.2, 0) is 23.9 Å². The molecular weight excluding hydrogens is 236 g/mol. The summed E-state index contributed by atoms with van der Waals surface area (Å²) in [5.41, 5.74) is 0. The maximum Gasteiger partial charge on any atom is 0.305 e. The fourth-order valence-electron chi connectivity index (χ4n) is 2.38. The van der Waals surface area contributed by atoms with E-state index in [1.165, 1.54) is 14.2 Å². The first-order chi connectivity index (χ1) is 8.58. The van der Waals surface area contributed by atoms with Gasteiger partial charge in [-0.2, -0.15) is 0 Å². The Balaban J connectivity index is 2.32. The van der Waals surface area contributed by atoms with E-state index in [0.717, 1.165) is 12.8 Å². The lowest BCUT2D eigenvalue weighted by Gasteiger charge is -2.09. The van der Waals surface area contributed by atoms with Crippen molar-refractivity contribution in [1.82, 2.24) is 0 Å². The highest BCUT2D eigenvalue weighted by Gasteiger charge is 2.34. The van der Waals surface area contributed by atoms with Gasteiger partial charge in [0, 0.05) is 24.7 Å². The van der Waals surface area contributed by atoms with Gasteiger partial charge in [0.1, 0.15) is 5.78 Å². The van der Waals surface area contributed by atoms with Crippen LogP contribution in [0.4, 0.5) is 0 Å². The Morgan fingerprint density at radius 2 is 1.39 bits per heavy atom. The molecule has 2 atom stereocenters. The van der Waals surface area contributed by atoms with Crippen molar-refractivity contribution < 1.29 is 23.9 Å². The number of Topliss-reactive ketones (excluding diaryl/α,β-unsaturated/α-hetero) is 1. The first kappa shape index (κ1) is 14.7. The van der Waals surface area contributed by atoms with Crippen molar-refractivity contribution in [3.8, 4) is 0 Å². The smallest absolute Gasteiger partial charge is 0.305 e. The molecule has 0 amide bonds. The summed E-state index contributed by atoms with van der Waals surface area (Å²) in [6.07, 6.45) is 3.30. The SMILES string of the molecule is COC(=O)CC[C@@H]1CC[C@H](CCC(=O)OC)C1=O. The van der Waals surface area contributed by atoms with Gasteiger partial charge in [-0.15, -0.1) is 0 Å². The quantitative estimate of drug-likeness (QED) is 0.673. The van der Waals surface area contributed by atoms with E-state index in [1.807, 2.05) is 0 Å². The summed E-state index contributed by atoms with van der Waals surface area (Å²) in [7, 11) is 2.69. The van der Waals surface area contributed by atoms with Crippen molar-refractivity contribution in [2.45, 2.75) is 38.5 Å². The lowest BCUT2D eigenvalue weighted by Crippen LogP contribution is -2.16. The van der Waals surface area contributed by atoms with Crippen molar-refractivity contribution >= 4 is 17.7 Å². The van der Waals surface area contributed by atoms with E-state index in [0.29, 0.717) is 12.8 Å². The normalized spacial score (nSPS) is 22.9. The van der Waals surface area contributed by atoms with Crippen LogP contribution in [-0.4, -0.2) is 31.9 Å². The van der Waals surface area contributed by atoms with Gasteiger partial charge < -0.3 is 9.47 Å². The standard InChI is InChI=1S/C13H20O5/c1-17-11(14)7-5-9-3-4-10(13(9)16)6-8-12(15)18-2/h9-10H,3-8H2,1-2H3/t9-,10+. The summed E-state index contributed by atoms with van der Waals surface area (Å²) < 4.78 is 9.11. The summed E-state index contributed by atoms with van der Waals surface area (Å²) in [6, 6.07) is 0. The molecular formula is C13H20O5. The molecule has 0 N–H and O–H groups in total. The van der Waals surface area contributed by atoms with Gasteiger partial charge in [-0.05, 0) is 25.7 Å². The molecule has 1 aliphatic rings. The number of ketones is 1. The zero-order valence-electron chi connectivity index (χ0n) is 10.9. The Morgan fingerprint density at radius 1 is 1.00 bits per heavy atom. The number of ether oxygens (including phenoxy) is 2. The van der Waals surface area contributed by atoms with Crippen LogP contribution >= 0.6 is 0 Å². The van der Waals surface area contributed by atoms with E-state index in [2.05, 4.69) is 9.47 Å². The summed E-state index contributed by atoms with van der Waals surface area (Å²) in [6.45, 7) is 0. The third kappa shape index (κ3) is 4.13. The van der Waals surface area contributed by atoms with Crippen molar-refractivity contribution in [2.75, 3.05) is 14.2 Å². The number of carbonyl (C=O) groups is 3. The Morgan fingerprint density at radius 3 is 1.72 bits per heavy atom. The summed E-state index contributed by atoms with van der Waals surface area (Å²) in [5, 5.41) is 0. The van der Waals surface area contributed by atoms with Crippen LogP contribution in [0.1, 0.15) is 38.5 Å². The molecule has 5 nitrogen and oxygen atoms in total. The first-order valence-corrected chi connectivity index (χ1v) is 6.25. The second kappa shape index (κ2) is 7.13. The second-order valence-electron chi connectivity index (χ2n) is 4.60. The molecule has 1 fully saturated rings. The number of esters is 2. The van der Waals surface area contributed by atoms with Crippen LogP contribution in [0.25, 0.3) is 0 Å². The molecule has 0 bridgehead atoms. The average Bonchev–Trinajstić information content (AvgIpc) is 2.74. The van der Waals surface area contributed by atoms with Gasteiger partial charge in [-0.1, -0.05) is 0 Å². The van der Waals surface area contributed by atoms with Gasteiger partial charge in [-0.3, -0.25) is 14.4 Å². The van der Waals surface area contributed by atoms with Crippen molar-refractivity contribution in [3.63, 3.8) is 0 Å². The molecule has 102 valence electrons. The van der Waals surface area contributed by atoms with Crippen LogP contribution in [0.2, 0.25) is 0 Å². The number of rotatable bonds is 6. The lowest BCUT2D eigenvalue weighted by molar-refractivity contribution is -0.141. The third-order valence-electron chi connectivity index (χ3n) is 3.52. The minimum absolute atomic E-state index is 0.0493. The minimum Gasteiger partial charge on any atom is -0.469 e. The maximum atomic E-state index is 12.0. The van der Waals surface area contributed by atoms with Gasteiger partial charge in [0.05, 0.1) is 14.2 Å². The van der Waals surface area contributed by atoms with E-state index < -0.39 is 0 Å². The van der Waals surface area contributed by atoms with Gasteiger partial charge in [0.25, 0.3) is 0 Å². The molecule has 0 aliphatic heterocycles. The zero-order chi connectivity index (χ0) is 13.5. The summed E-state index contributed by atoms with van der Waals surface area (Å²) >= 11 is 0. The monoisotopic (exact) mass is 256 g/mol. The summed E-state index contributed by atoms with van der Waals surface area (Å²) in [4.78, 5) is 34.0. The Kier molecular flexibility index (Phi) is 5.82. The first-order valence-electron chi connectivity index (χ1n) is 6.25. The highest BCUT2D eigenvalue weighted by atomic mass is 16.5. The Bertz CT molecular complexity index is 293. The third-order valence-corrected chi connectivity index (χ3v) is 3.52. The summed E-state index contributed by atoms with van der Waals surface area (Å²) in [5.74, 6) is -0.470. The van der Waals surface area contributed by atoms with Gasteiger partial charge in [0.15, 0.2) is 0 Å². The van der Waals surface area contributed by atoms with E-state index >= 15 is 0 Å². The van der Waals surface area contributed by atoms with Gasteiger partial charge in [0.2, 0.25) is 0 Å². The molecule has 0 saturated heterocycles. The molecule has 0 unspecified atom stereocenters.